The zero-order chi connectivity index (χ0) is 20.8. The molecule has 0 atom stereocenters. The lowest BCUT2D eigenvalue weighted by Crippen LogP contribution is -2.14. The Balaban J connectivity index is 1.74. The third-order valence-corrected chi connectivity index (χ3v) is 3.88. The van der Waals surface area contributed by atoms with Crippen molar-refractivity contribution in [1.82, 2.24) is 15.0 Å². The van der Waals surface area contributed by atoms with Crippen molar-refractivity contribution < 1.29 is 14.3 Å². The van der Waals surface area contributed by atoms with Gasteiger partial charge in [-0.1, -0.05) is 6.07 Å². The minimum Gasteiger partial charge on any atom is -0.462 e. The van der Waals surface area contributed by atoms with Crippen LogP contribution in [-0.2, 0) is 4.74 Å². The normalized spacial score (nSPS) is 10.3. The van der Waals surface area contributed by atoms with E-state index in [0.717, 1.165) is 11.4 Å². The van der Waals surface area contributed by atoms with E-state index in [1.165, 1.54) is 18.3 Å². The average Bonchev–Trinajstić information content (AvgIpc) is 2.68. The second kappa shape index (κ2) is 8.92. The second-order valence-electron chi connectivity index (χ2n) is 6.28. The topological polar surface area (TPSA) is 106 Å². The molecule has 0 radical (unpaired) electrons. The van der Waals surface area contributed by atoms with E-state index < -0.39 is 5.97 Å². The predicted molar refractivity (Wildman–Crippen MR) is 109 cm³/mol. The summed E-state index contributed by atoms with van der Waals surface area (Å²) in [7, 11) is 0. The van der Waals surface area contributed by atoms with Crippen LogP contribution in [0.1, 0.15) is 39.0 Å². The van der Waals surface area contributed by atoms with E-state index in [1.54, 1.807) is 25.1 Å². The van der Waals surface area contributed by atoms with Crippen LogP contribution < -0.4 is 10.6 Å². The van der Waals surface area contributed by atoms with Crippen LogP contribution in [0.25, 0.3) is 0 Å². The van der Waals surface area contributed by atoms with Gasteiger partial charge in [-0.3, -0.25) is 4.79 Å². The fourth-order valence-electron chi connectivity index (χ4n) is 2.68. The summed E-state index contributed by atoms with van der Waals surface area (Å²) in [4.78, 5) is 37.2. The third kappa shape index (κ3) is 5.35. The van der Waals surface area contributed by atoms with Gasteiger partial charge in [0.15, 0.2) is 0 Å². The molecule has 0 fully saturated rings. The molecule has 148 valence electrons. The standard InChI is InChI=1S/C21H21N5O3/c1-4-29-20(28)16-8-9-22-18(12-16)26-19(27)15-6-5-7-17(11-15)25-21-23-13(2)10-14(3)24-21/h5-12H,4H2,1-3H3,(H,22,26,27)(H,23,24,25). The summed E-state index contributed by atoms with van der Waals surface area (Å²) in [6.07, 6.45) is 1.44. The van der Waals surface area contributed by atoms with E-state index >= 15 is 0 Å². The molecular weight excluding hydrogens is 370 g/mol. The van der Waals surface area contributed by atoms with Crippen molar-refractivity contribution in [1.29, 1.82) is 0 Å². The summed E-state index contributed by atoms with van der Waals surface area (Å²) in [5.41, 5.74) is 3.11. The van der Waals surface area contributed by atoms with E-state index in [2.05, 4.69) is 25.6 Å². The van der Waals surface area contributed by atoms with Gasteiger partial charge in [0.25, 0.3) is 5.91 Å². The zero-order valence-electron chi connectivity index (χ0n) is 16.4. The summed E-state index contributed by atoms with van der Waals surface area (Å²) in [5.74, 6) is -0.103. The smallest absolute Gasteiger partial charge is 0.338 e. The van der Waals surface area contributed by atoms with Crippen LogP contribution in [0.4, 0.5) is 17.5 Å². The maximum Gasteiger partial charge on any atom is 0.338 e. The van der Waals surface area contributed by atoms with E-state index in [-0.39, 0.29) is 18.3 Å². The maximum atomic E-state index is 12.6. The van der Waals surface area contributed by atoms with Crippen molar-refractivity contribution in [3.05, 3.63) is 71.2 Å². The minimum absolute atomic E-state index is 0.261. The molecule has 2 heterocycles. The van der Waals surface area contributed by atoms with Gasteiger partial charge in [-0.15, -0.1) is 0 Å². The highest BCUT2D eigenvalue weighted by atomic mass is 16.5. The number of anilines is 3. The number of amides is 1. The Morgan fingerprint density at radius 3 is 2.48 bits per heavy atom. The Morgan fingerprint density at radius 2 is 1.76 bits per heavy atom. The molecule has 3 rings (SSSR count). The monoisotopic (exact) mass is 391 g/mol. The Labute approximate surface area is 168 Å². The van der Waals surface area contributed by atoms with Crippen LogP contribution in [-0.4, -0.2) is 33.4 Å². The lowest BCUT2D eigenvalue weighted by atomic mass is 10.2. The zero-order valence-corrected chi connectivity index (χ0v) is 16.4. The molecule has 0 spiro atoms. The van der Waals surface area contributed by atoms with Crippen LogP contribution >= 0.6 is 0 Å². The van der Waals surface area contributed by atoms with Gasteiger partial charge in [-0.25, -0.2) is 19.7 Å². The molecule has 0 unspecified atom stereocenters. The number of hydrogen-bond donors (Lipinski definition) is 2. The fraction of sp³-hybridized carbons (Fsp3) is 0.190. The number of carbonyl (C=O) groups is 2. The molecule has 1 aromatic carbocycles. The predicted octanol–water partition coefficient (Wildman–Crippen LogP) is 3.66. The number of rotatable bonds is 6. The first-order chi connectivity index (χ1) is 13.9. The number of nitrogens with one attached hydrogen (secondary N) is 2. The highest BCUT2D eigenvalue weighted by Gasteiger charge is 2.12. The molecule has 0 aliphatic rings. The Morgan fingerprint density at radius 1 is 1.00 bits per heavy atom. The first-order valence-electron chi connectivity index (χ1n) is 9.08. The number of aryl methyl sites for hydroxylation is 2. The van der Waals surface area contributed by atoms with E-state index in [1.807, 2.05) is 26.0 Å². The Kier molecular flexibility index (Phi) is 6.13. The van der Waals surface area contributed by atoms with Gasteiger partial charge in [0.05, 0.1) is 12.2 Å². The quantitative estimate of drug-likeness (QED) is 0.618. The van der Waals surface area contributed by atoms with E-state index in [0.29, 0.717) is 22.8 Å². The SMILES string of the molecule is CCOC(=O)c1ccnc(NC(=O)c2cccc(Nc3nc(C)cc(C)n3)c2)c1. The highest BCUT2D eigenvalue weighted by molar-refractivity contribution is 6.04. The molecule has 2 aromatic heterocycles. The van der Waals surface area contributed by atoms with Crippen molar-refractivity contribution in [2.75, 3.05) is 17.2 Å². The van der Waals surface area contributed by atoms with Crippen molar-refractivity contribution in [3.8, 4) is 0 Å². The van der Waals surface area contributed by atoms with Crippen LogP contribution in [0.3, 0.4) is 0 Å². The van der Waals surface area contributed by atoms with Crippen molar-refractivity contribution in [2.24, 2.45) is 0 Å². The fourth-order valence-corrected chi connectivity index (χ4v) is 2.68. The molecule has 0 bridgehead atoms. The summed E-state index contributed by atoms with van der Waals surface area (Å²) in [5, 5.41) is 5.79. The second-order valence-corrected chi connectivity index (χ2v) is 6.28. The molecule has 0 aliphatic heterocycles. The number of nitrogens with zero attached hydrogens (tertiary/aromatic N) is 3. The number of esters is 1. The molecule has 2 N–H and O–H groups in total. The van der Waals surface area contributed by atoms with E-state index in [4.69, 9.17) is 4.74 Å². The molecule has 0 aliphatic carbocycles. The number of ether oxygens (including phenoxy) is 1. The molecular formula is C21H21N5O3. The van der Waals surface area contributed by atoms with Gasteiger partial charge in [0.2, 0.25) is 5.95 Å². The number of benzene rings is 1. The molecule has 8 heteroatoms. The number of pyridine rings is 1. The lowest BCUT2D eigenvalue weighted by molar-refractivity contribution is 0.0526. The van der Waals surface area contributed by atoms with Gasteiger partial charge in [0, 0.05) is 28.8 Å². The summed E-state index contributed by atoms with van der Waals surface area (Å²) in [6, 6.07) is 11.8. The maximum absolute atomic E-state index is 12.6. The number of hydrogen-bond acceptors (Lipinski definition) is 7. The summed E-state index contributed by atoms with van der Waals surface area (Å²) >= 11 is 0. The Hall–Kier alpha value is -3.81. The largest absolute Gasteiger partial charge is 0.462 e. The number of aromatic nitrogens is 3. The Bertz CT molecular complexity index is 1030. The average molecular weight is 391 g/mol. The van der Waals surface area contributed by atoms with Crippen LogP contribution in [0.2, 0.25) is 0 Å². The van der Waals surface area contributed by atoms with Gasteiger partial charge in [0.1, 0.15) is 5.82 Å². The van der Waals surface area contributed by atoms with Gasteiger partial charge in [-0.2, -0.15) is 0 Å². The van der Waals surface area contributed by atoms with E-state index in [9.17, 15) is 9.59 Å². The van der Waals surface area contributed by atoms with Crippen LogP contribution in [0, 0.1) is 13.8 Å². The molecule has 29 heavy (non-hydrogen) atoms. The van der Waals surface area contributed by atoms with Crippen LogP contribution in [0.5, 0.6) is 0 Å². The van der Waals surface area contributed by atoms with Gasteiger partial charge >= 0.3 is 5.97 Å². The molecule has 1 amide bonds. The molecule has 3 aromatic rings. The molecule has 0 saturated heterocycles. The van der Waals surface area contributed by atoms with Crippen molar-refractivity contribution in [2.45, 2.75) is 20.8 Å². The van der Waals surface area contributed by atoms with Crippen LogP contribution in [0.15, 0.2) is 48.7 Å². The van der Waals surface area contributed by atoms with Crippen molar-refractivity contribution >= 4 is 29.3 Å². The minimum atomic E-state index is -0.468. The summed E-state index contributed by atoms with van der Waals surface area (Å²) < 4.78 is 4.96. The van der Waals surface area contributed by atoms with Gasteiger partial charge in [-0.05, 0) is 57.2 Å². The number of carbonyl (C=O) groups excluding carboxylic acids is 2. The van der Waals surface area contributed by atoms with Crippen molar-refractivity contribution in [3.63, 3.8) is 0 Å². The highest BCUT2D eigenvalue weighted by Crippen LogP contribution is 2.17. The first kappa shape index (κ1) is 19.9. The first-order valence-corrected chi connectivity index (χ1v) is 9.08. The molecule has 8 nitrogen and oxygen atoms in total. The summed E-state index contributed by atoms with van der Waals surface area (Å²) in [6.45, 7) is 5.78. The molecule has 0 saturated carbocycles. The lowest BCUT2D eigenvalue weighted by Gasteiger charge is -2.09. The third-order valence-electron chi connectivity index (χ3n) is 3.88. The van der Waals surface area contributed by atoms with Gasteiger partial charge < -0.3 is 15.4 Å².